The lowest BCUT2D eigenvalue weighted by Crippen LogP contribution is -2.27. The van der Waals surface area contributed by atoms with Gasteiger partial charge >= 0.3 is 0 Å². The van der Waals surface area contributed by atoms with Crippen LogP contribution < -0.4 is 5.32 Å². The van der Waals surface area contributed by atoms with Crippen LogP contribution in [0.2, 0.25) is 0 Å². The van der Waals surface area contributed by atoms with Gasteiger partial charge in [0.2, 0.25) is 5.91 Å². The minimum atomic E-state index is -0.219. The predicted octanol–water partition coefficient (Wildman–Crippen LogP) is 0.791. The van der Waals surface area contributed by atoms with E-state index in [1.165, 1.54) is 6.92 Å². The lowest BCUT2D eigenvalue weighted by atomic mass is 10.3. The van der Waals surface area contributed by atoms with E-state index in [1.54, 1.807) is 12.2 Å². The molecule has 5 heteroatoms. The quantitative estimate of drug-likeness (QED) is 0.599. The van der Waals surface area contributed by atoms with E-state index in [0.717, 1.165) is 5.06 Å². The summed E-state index contributed by atoms with van der Waals surface area (Å²) in [4.78, 5) is 10.6. The summed E-state index contributed by atoms with van der Waals surface area (Å²) in [6.45, 7) is 1.71. The average Bonchev–Trinajstić information content (AvgIpc) is 1.98. The molecule has 66 valence electrons. The average molecular weight is 189 g/mol. The minimum absolute atomic E-state index is 0.132. The maximum atomic E-state index is 10.6. The lowest BCUT2D eigenvalue weighted by molar-refractivity contribution is -0.118. The molecule has 0 radical (unpaired) electrons. The van der Waals surface area contributed by atoms with Crippen LogP contribution in [0, 0.1) is 0 Å². The van der Waals surface area contributed by atoms with E-state index in [-0.39, 0.29) is 11.1 Å². The summed E-state index contributed by atoms with van der Waals surface area (Å²) in [5, 5.41) is 12.6. The second-order valence-electron chi connectivity index (χ2n) is 2.37. The van der Waals surface area contributed by atoms with Crippen molar-refractivity contribution in [2.75, 3.05) is 6.54 Å². The maximum Gasteiger partial charge on any atom is 0.221 e. The van der Waals surface area contributed by atoms with Crippen LogP contribution in [-0.4, -0.2) is 22.7 Å². The molecular weight excluding hydrogens is 180 g/mol. The third kappa shape index (κ3) is 1.99. The number of halogens is 1. The van der Waals surface area contributed by atoms with Crippen molar-refractivity contribution in [3.8, 4) is 0 Å². The fraction of sp³-hybridized carbons (Fsp3) is 0.286. The molecule has 0 saturated heterocycles. The Bertz CT molecular complexity index is 260. The second kappa shape index (κ2) is 3.60. The number of amides is 1. The lowest BCUT2D eigenvalue weighted by Gasteiger charge is -2.19. The summed E-state index contributed by atoms with van der Waals surface area (Å²) in [6.07, 6.45) is 3.34. The van der Waals surface area contributed by atoms with Crippen LogP contribution in [-0.2, 0) is 4.79 Å². The van der Waals surface area contributed by atoms with Gasteiger partial charge in [-0.25, -0.2) is 5.06 Å². The molecule has 1 amide bonds. The molecule has 1 heterocycles. The Hall–Kier alpha value is -1.00. The number of hydroxylamine groups is 2. The zero-order valence-electron chi connectivity index (χ0n) is 6.54. The molecule has 0 aromatic carbocycles. The summed E-state index contributed by atoms with van der Waals surface area (Å²) in [6, 6.07) is 0. The normalized spacial score (nSPS) is 16.8. The van der Waals surface area contributed by atoms with Crippen LogP contribution in [0.25, 0.3) is 0 Å². The predicted molar refractivity (Wildman–Crippen MR) is 44.3 cm³/mol. The van der Waals surface area contributed by atoms with Crippen LogP contribution in [0.3, 0.4) is 0 Å². The molecule has 0 aromatic heterocycles. The molecule has 0 atom stereocenters. The van der Waals surface area contributed by atoms with E-state index in [1.807, 2.05) is 0 Å². The topological polar surface area (TPSA) is 52.6 Å². The summed E-state index contributed by atoms with van der Waals surface area (Å²) < 4.78 is 0. The van der Waals surface area contributed by atoms with Gasteiger partial charge in [-0.15, -0.1) is 0 Å². The largest absolute Gasteiger partial charge is 0.324 e. The molecule has 4 nitrogen and oxygen atoms in total. The van der Waals surface area contributed by atoms with E-state index in [0.29, 0.717) is 12.2 Å². The Morgan fingerprint density at radius 1 is 1.83 bits per heavy atom. The molecule has 0 aromatic rings. The van der Waals surface area contributed by atoms with Crippen LogP contribution in [0.5, 0.6) is 0 Å². The van der Waals surface area contributed by atoms with Gasteiger partial charge in [-0.1, -0.05) is 17.7 Å². The molecule has 1 aliphatic heterocycles. The van der Waals surface area contributed by atoms with Crippen molar-refractivity contribution in [3.63, 3.8) is 0 Å². The van der Waals surface area contributed by atoms with E-state index in [2.05, 4.69) is 5.32 Å². The van der Waals surface area contributed by atoms with Crippen molar-refractivity contribution in [1.82, 2.24) is 10.4 Å². The van der Waals surface area contributed by atoms with E-state index < -0.39 is 0 Å². The monoisotopic (exact) mass is 188 g/mol. The fourth-order valence-corrected chi connectivity index (χ4v) is 1.02. The highest BCUT2D eigenvalue weighted by atomic mass is 35.5. The van der Waals surface area contributed by atoms with Gasteiger partial charge in [-0.05, 0) is 6.08 Å². The van der Waals surface area contributed by atoms with Gasteiger partial charge in [0.1, 0.15) is 0 Å². The molecule has 0 spiro atoms. The van der Waals surface area contributed by atoms with Gasteiger partial charge in [0.15, 0.2) is 5.16 Å². The number of nitrogens with one attached hydrogen (secondary N) is 1. The fourth-order valence-electron chi connectivity index (χ4n) is 0.841. The van der Waals surface area contributed by atoms with Crippen LogP contribution in [0.1, 0.15) is 6.92 Å². The Balaban J connectivity index is 2.79. The molecule has 0 unspecified atom stereocenters. The molecule has 0 fully saturated rings. The zero-order chi connectivity index (χ0) is 9.14. The molecule has 1 aliphatic rings. The molecule has 1 rings (SSSR count). The Morgan fingerprint density at radius 2 is 2.50 bits per heavy atom. The highest BCUT2D eigenvalue weighted by molar-refractivity contribution is 6.29. The van der Waals surface area contributed by atoms with Crippen LogP contribution in [0.4, 0.5) is 0 Å². The molecule has 0 saturated carbocycles. The molecule has 0 bridgehead atoms. The number of nitrogens with zero attached hydrogens (tertiary/aromatic N) is 1. The molecule has 12 heavy (non-hydrogen) atoms. The van der Waals surface area contributed by atoms with E-state index in [9.17, 15) is 4.79 Å². The van der Waals surface area contributed by atoms with Gasteiger partial charge in [-0.2, -0.15) is 0 Å². The number of hydrogen-bond acceptors (Lipinski definition) is 3. The van der Waals surface area contributed by atoms with Gasteiger partial charge in [0, 0.05) is 6.92 Å². The molecule has 0 aliphatic carbocycles. The zero-order valence-corrected chi connectivity index (χ0v) is 7.30. The highest BCUT2D eigenvalue weighted by Crippen LogP contribution is 2.16. The Morgan fingerprint density at radius 3 is 3.08 bits per heavy atom. The van der Waals surface area contributed by atoms with E-state index in [4.69, 9.17) is 16.8 Å². The van der Waals surface area contributed by atoms with Crippen molar-refractivity contribution in [1.29, 1.82) is 0 Å². The third-order valence-electron chi connectivity index (χ3n) is 1.32. The van der Waals surface area contributed by atoms with E-state index >= 15 is 0 Å². The SMILES string of the molecule is CC(=O)NC1=C(Cl)N(O)CC=C1. The van der Waals surface area contributed by atoms with Gasteiger partial charge in [0.05, 0.1) is 12.2 Å². The number of allylic oxidation sites excluding steroid dienone is 1. The van der Waals surface area contributed by atoms with Crippen molar-refractivity contribution in [3.05, 3.63) is 23.0 Å². The summed E-state index contributed by atoms with van der Waals surface area (Å²) >= 11 is 5.67. The standard InChI is InChI=1S/C7H9ClN2O2/c1-5(11)9-6-3-2-4-10(12)7(6)8/h2-3,12H,4H2,1H3,(H,9,11). The van der Waals surface area contributed by atoms with Crippen molar-refractivity contribution >= 4 is 17.5 Å². The summed E-state index contributed by atoms with van der Waals surface area (Å²) in [7, 11) is 0. The van der Waals surface area contributed by atoms with Crippen molar-refractivity contribution in [2.45, 2.75) is 6.92 Å². The molecular formula is C7H9ClN2O2. The Kier molecular flexibility index (Phi) is 2.73. The van der Waals surface area contributed by atoms with Gasteiger partial charge in [-0.3, -0.25) is 10.0 Å². The number of carbonyl (C=O) groups is 1. The summed E-state index contributed by atoms with van der Waals surface area (Å²) in [5.74, 6) is -0.219. The molecule has 2 N–H and O–H groups in total. The smallest absolute Gasteiger partial charge is 0.221 e. The first-order chi connectivity index (χ1) is 5.61. The first kappa shape index (κ1) is 9.09. The van der Waals surface area contributed by atoms with Gasteiger partial charge < -0.3 is 5.32 Å². The second-order valence-corrected chi connectivity index (χ2v) is 2.73. The third-order valence-corrected chi connectivity index (χ3v) is 1.72. The number of rotatable bonds is 1. The maximum absolute atomic E-state index is 10.6. The van der Waals surface area contributed by atoms with Crippen LogP contribution in [0.15, 0.2) is 23.0 Å². The first-order valence-electron chi connectivity index (χ1n) is 3.41. The number of carbonyl (C=O) groups excluding carboxylic acids is 1. The van der Waals surface area contributed by atoms with Crippen molar-refractivity contribution in [2.24, 2.45) is 0 Å². The van der Waals surface area contributed by atoms with Crippen molar-refractivity contribution < 1.29 is 10.0 Å². The summed E-state index contributed by atoms with van der Waals surface area (Å²) in [5.41, 5.74) is 0.415. The van der Waals surface area contributed by atoms with Crippen LogP contribution >= 0.6 is 11.6 Å². The Labute approximate surface area is 75.1 Å². The minimum Gasteiger partial charge on any atom is -0.324 e. The highest BCUT2D eigenvalue weighted by Gasteiger charge is 2.12. The first-order valence-corrected chi connectivity index (χ1v) is 3.79. The van der Waals surface area contributed by atoms with Gasteiger partial charge in [0.25, 0.3) is 0 Å². The number of hydrogen-bond donors (Lipinski definition) is 2.